The van der Waals surface area contributed by atoms with Gasteiger partial charge >= 0.3 is 10.4 Å². The molecule has 35 heavy (non-hydrogen) atoms. The molecule has 1 aromatic carbocycles. The third kappa shape index (κ3) is 13.6. The van der Waals surface area contributed by atoms with E-state index in [1.807, 2.05) is 18.3 Å². The molecule has 0 aliphatic carbocycles. The molecule has 1 aliphatic heterocycles. The van der Waals surface area contributed by atoms with Gasteiger partial charge < -0.3 is 4.74 Å². The van der Waals surface area contributed by atoms with Crippen molar-refractivity contribution in [3.63, 3.8) is 0 Å². The smallest absolute Gasteiger partial charge is 0.378 e. The van der Waals surface area contributed by atoms with E-state index >= 15 is 0 Å². The van der Waals surface area contributed by atoms with Crippen molar-refractivity contribution in [3.05, 3.63) is 35.4 Å². The van der Waals surface area contributed by atoms with Crippen LogP contribution < -0.4 is 0 Å². The predicted octanol–water partition coefficient (Wildman–Crippen LogP) is 6.22. The van der Waals surface area contributed by atoms with Gasteiger partial charge in [0.15, 0.2) is 18.9 Å². The van der Waals surface area contributed by atoms with Crippen molar-refractivity contribution in [2.45, 2.75) is 103 Å². The minimum absolute atomic E-state index is 0.147. The summed E-state index contributed by atoms with van der Waals surface area (Å²) >= 11 is 0. The lowest BCUT2D eigenvalue weighted by Crippen LogP contribution is -2.36. The van der Waals surface area contributed by atoms with E-state index in [0.717, 1.165) is 31.4 Å². The zero-order valence-electron chi connectivity index (χ0n) is 22.0. The molecule has 1 N–H and O–H groups in total. The Hall–Kier alpha value is -1.28. The van der Waals surface area contributed by atoms with Gasteiger partial charge in [-0.3, -0.25) is 4.55 Å². The van der Waals surface area contributed by atoms with Crippen molar-refractivity contribution in [2.24, 2.45) is 5.92 Å². The van der Waals surface area contributed by atoms with Crippen molar-refractivity contribution < 1.29 is 26.5 Å². The molecule has 1 heterocycles. The highest BCUT2D eigenvalue weighted by Gasteiger charge is 2.25. The molecule has 1 aromatic rings. The summed E-state index contributed by atoms with van der Waals surface area (Å²) in [6.07, 6.45) is 17.1. The van der Waals surface area contributed by atoms with Gasteiger partial charge in [0.1, 0.15) is 6.54 Å². The maximum atomic E-state index is 11.5. The van der Waals surface area contributed by atoms with Gasteiger partial charge in [0, 0.05) is 18.6 Å². The van der Waals surface area contributed by atoms with Gasteiger partial charge in [0.2, 0.25) is 0 Å². The van der Waals surface area contributed by atoms with Crippen molar-refractivity contribution in [1.82, 2.24) is 0 Å². The first-order chi connectivity index (χ1) is 16.9. The van der Waals surface area contributed by atoms with Crippen LogP contribution in [0.25, 0.3) is 0 Å². The highest BCUT2D eigenvalue weighted by atomic mass is 32.3. The molecule has 0 saturated heterocycles. The fourth-order valence-corrected chi connectivity index (χ4v) is 5.31. The Morgan fingerprint density at radius 3 is 2.23 bits per heavy atom. The van der Waals surface area contributed by atoms with Crippen LogP contribution in [0.5, 0.6) is 0 Å². The zero-order chi connectivity index (χ0) is 25.4. The number of rotatable bonds is 20. The highest BCUT2D eigenvalue weighted by molar-refractivity contribution is 7.80. The Kier molecular flexibility index (Phi) is 14.7. The number of benzene rings is 1. The molecule has 0 amide bonds. The third-order valence-electron chi connectivity index (χ3n) is 6.83. The molecular formula is C28H48NO5S+. The predicted molar refractivity (Wildman–Crippen MR) is 143 cm³/mol. The lowest BCUT2D eigenvalue weighted by Gasteiger charge is -2.20. The molecule has 200 valence electrons. The fourth-order valence-electron chi connectivity index (χ4n) is 4.85. The average Bonchev–Trinajstić information content (AvgIpc) is 2.82. The lowest BCUT2D eigenvalue weighted by molar-refractivity contribution is -0.532. The van der Waals surface area contributed by atoms with Crippen LogP contribution in [0.1, 0.15) is 102 Å². The average molecular weight is 511 g/mol. The van der Waals surface area contributed by atoms with Crippen LogP contribution in [0.4, 0.5) is 0 Å². The summed E-state index contributed by atoms with van der Waals surface area (Å²) in [6, 6.07) is 8.20. The third-order valence-corrected chi connectivity index (χ3v) is 7.35. The summed E-state index contributed by atoms with van der Waals surface area (Å²) in [7, 11) is -4.55. The van der Waals surface area contributed by atoms with E-state index in [2.05, 4.69) is 30.6 Å². The minimum atomic E-state index is -4.55. The monoisotopic (exact) mass is 510 g/mol. The van der Waals surface area contributed by atoms with Crippen LogP contribution >= 0.6 is 0 Å². The van der Waals surface area contributed by atoms with Gasteiger partial charge in [-0.25, -0.2) is 8.76 Å². The molecule has 6 nitrogen and oxygen atoms in total. The summed E-state index contributed by atoms with van der Waals surface area (Å²) in [5.41, 5.74) is 2.42. The van der Waals surface area contributed by atoms with Gasteiger partial charge in [0.05, 0.1) is 6.61 Å². The molecule has 0 bridgehead atoms. The molecule has 0 radical (unpaired) electrons. The summed E-state index contributed by atoms with van der Waals surface area (Å²) in [5.74, 6) is 0.484. The first-order valence-corrected chi connectivity index (χ1v) is 15.2. The van der Waals surface area contributed by atoms with Crippen LogP contribution in [0.15, 0.2) is 24.3 Å². The van der Waals surface area contributed by atoms with Crippen LogP contribution in [-0.2, 0) is 25.7 Å². The van der Waals surface area contributed by atoms with Gasteiger partial charge in [0.25, 0.3) is 0 Å². The van der Waals surface area contributed by atoms with E-state index in [0.29, 0.717) is 19.1 Å². The van der Waals surface area contributed by atoms with E-state index in [4.69, 9.17) is 8.92 Å². The fraction of sp³-hybridized carbons (Fsp3) is 0.750. The standard InChI is InChI=1S/C28H47NO5S/c1-3-5-7-9-10-12-16-25(15-11-8-6-4-2)23-33-24-28(34-35(30,31)32)22-29-20-19-26-17-13-14-18-27(26)21-29/h13-14,17-18,21,25,28H,3-12,15-16,19-20,22-24H2,1-2H3/p+1. The van der Waals surface area contributed by atoms with Gasteiger partial charge in [-0.1, -0.05) is 96.3 Å². The SMILES string of the molecule is CCCCCCCCC(CCCCCC)COCC(C[N+]1=Cc2ccccc2CC1)OS(=O)(=O)O. The summed E-state index contributed by atoms with van der Waals surface area (Å²) < 4.78 is 45.4. The van der Waals surface area contributed by atoms with Crippen LogP contribution in [-0.4, -0.2) is 56.2 Å². The summed E-state index contributed by atoms with van der Waals surface area (Å²) in [6.45, 7) is 6.36. The van der Waals surface area contributed by atoms with Gasteiger partial charge in [-0.15, -0.1) is 0 Å². The molecule has 0 aromatic heterocycles. The number of fused-ring (bicyclic) bond motifs is 1. The number of unbranched alkanes of at least 4 members (excludes halogenated alkanes) is 8. The van der Waals surface area contributed by atoms with E-state index in [-0.39, 0.29) is 6.61 Å². The summed E-state index contributed by atoms with van der Waals surface area (Å²) in [5, 5.41) is 0. The second-order valence-electron chi connectivity index (χ2n) is 10.0. The zero-order valence-corrected chi connectivity index (χ0v) is 22.8. The van der Waals surface area contributed by atoms with Gasteiger partial charge in [-0.05, 0) is 30.4 Å². The lowest BCUT2D eigenvalue weighted by atomic mass is 9.95. The normalized spacial score (nSPS) is 15.5. The molecule has 0 saturated carbocycles. The largest absolute Gasteiger partial charge is 0.397 e. The quantitative estimate of drug-likeness (QED) is 0.128. The van der Waals surface area contributed by atoms with E-state index in [9.17, 15) is 13.0 Å². The van der Waals surface area contributed by atoms with Crippen LogP contribution in [0.2, 0.25) is 0 Å². The van der Waals surface area contributed by atoms with Crippen molar-refractivity contribution in [1.29, 1.82) is 0 Å². The van der Waals surface area contributed by atoms with Crippen LogP contribution in [0.3, 0.4) is 0 Å². The van der Waals surface area contributed by atoms with E-state index in [1.54, 1.807) is 0 Å². The van der Waals surface area contributed by atoms with E-state index < -0.39 is 16.5 Å². The summed E-state index contributed by atoms with van der Waals surface area (Å²) in [4.78, 5) is 0. The van der Waals surface area contributed by atoms with E-state index in [1.165, 1.54) is 69.8 Å². The van der Waals surface area contributed by atoms with Crippen molar-refractivity contribution in [3.8, 4) is 0 Å². The first-order valence-electron chi connectivity index (χ1n) is 13.8. The Bertz CT molecular complexity index is 840. The number of hydrogen-bond acceptors (Lipinski definition) is 4. The second-order valence-corrected chi connectivity index (χ2v) is 11.1. The Balaban J connectivity index is 1.87. The second kappa shape index (κ2) is 17.2. The Morgan fingerprint density at radius 1 is 0.914 bits per heavy atom. The molecule has 2 rings (SSSR count). The molecule has 2 atom stereocenters. The molecule has 7 heteroatoms. The molecule has 2 unspecified atom stereocenters. The highest BCUT2D eigenvalue weighted by Crippen LogP contribution is 2.20. The molecule has 0 fully saturated rings. The molecule has 1 aliphatic rings. The maximum Gasteiger partial charge on any atom is 0.397 e. The number of nitrogens with zero attached hydrogens (tertiary/aromatic N) is 1. The minimum Gasteiger partial charge on any atom is -0.378 e. The molecular weight excluding hydrogens is 462 g/mol. The molecule has 0 spiro atoms. The maximum absolute atomic E-state index is 11.5. The van der Waals surface area contributed by atoms with Crippen LogP contribution in [0, 0.1) is 5.92 Å². The topological polar surface area (TPSA) is 75.8 Å². The Labute approximate surface area is 214 Å². The Morgan fingerprint density at radius 2 is 1.54 bits per heavy atom. The number of hydrogen-bond donors (Lipinski definition) is 1. The van der Waals surface area contributed by atoms with Crippen molar-refractivity contribution >= 4 is 16.6 Å². The first kappa shape index (κ1) is 29.9. The van der Waals surface area contributed by atoms with Gasteiger partial charge in [-0.2, -0.15) is 8.42 Å². The van der Waals surface area contributed by atoms with Crippen molar-refractivity contribution in [2.75, 3.05) is 26.3 Å². The number of ether oxygens (including phenoxy) is 1.